The molecule has 5 heteroatoms. The molecule has 1 fully saturated rings. The molecule has 1 saturated heterocycles. The largest absolute Gasteiger partial charge is 0.395 e. The molecular weight excluding hydrogens is 242 g/mol. The van der Waals surface area contributed by atoms with Crippen LogP contribution in [-0.4, -0.2) is 61.3 Å². The number of hydrogen-bond acceptors (Lipinski definition) is 4. The highest BCUT2D eigenvalue weighted by atomic mass is 16.3. The Morgan fingerprint density at radius 1 is 1.37 bits per heavy atom. The average molecular weight is 271 g/mol. The molecule has 1 aliphatic heterocycles. The first-order valence-electron chi connectivity index (χ1n) is 7.34. The fourth-order valence-electron chi connectivity index (χ4n) is 2.70. The molecule has 3 N–H and O–H groups in total. The van der Waals surface area contributed by atoms with Gasteiger partial charge in [-0.25, -0.2) is 0 Å². The lowest BCUT2D eigenvalue weighted by Gasteiger charge is -2.40. The topological polar surface area (TPSA) is 64.6 Å². The van der Waals surface area contributed by atoms with E-state index >= 15 is 0 Å². The highest BCUT2D eigenvalue weighted by Gasteiger charge is 2.28. The number of aliphatic hydroxyl groups is 1. The van der Waals surface area contributed by atoms with E-state index in [9.17, 15) is 4.79 Å². The maximum absolute atomic E-state index is 10.9. The molecule has 1 rings (SSSR count). The Kier molecular flexibility index (Phi) is 7.34. The van der Waals surface area contributed by atoms with Gasteiger partial charge in [0.05, 0.1) is 6.61 Å². The molecule has 2 unspecified atom stereocenters. The highest BCUT2D eigenvalue weighted by Crippen LogP contribution is 2.23. The molecule has 0 aromatic carbocycles. The Morgan fingerprint density at radius 2 is 2.11 bits per heavy atom. The van der Waals surface area contributed by atoms with E-state index in [-0.39, 0.29) is 12.5 Å². The van der Waals surface area contributed by atoms with Crippen molar-refractivity contribution < 1.29 is 9.90 Å². The smallest absolute Gasteiger partial charge is 0.216 e. The fourth-order valence-corrected chi connectivity index (χ4v) is 2.70. The summed E-state index contributed by atoms with van der Waals surface area (Å²) in [4.78, 5) is 13.3. The standard InChI is InChI=1S/C14H29N3O2/c1-11(2)13-8-14(16-5-7-18)10-17(9-13)6-4-15-12(3)19/h11,13-14,16,18H,4-10H2,1-3H3,(H,15,19). The van der Waals surface area contributed by atoms with Crippen LogP contribution in [0.1, 0.15) is 27.2 Å². The number of aliphatic hydroxyl groups excluding tert-OH is 1. The predicted molar refractivity (Wildman–Crippen MR) is 76.9 cm³/mol. The predicted octanol–water partition coefficient (Wildman–Crippen LogP) is 0.0509. The molecule has 0 saturated carbocycles. The third-order valence-electron chi connectivity index (χ3n) is 3.85. The number of hydrogen-bond donors (Lipinski definition) is 3. The van der Waals surface area contributed by atoms with Crippen LogP contribution in [0.25, 0.3) is 0 Å². The maximum Gasteiger partial charge on any atom is 0.216 e. The monoisotopic (exact) mass is 271 g/mol. The molecule has 19 heavy (non-hydrogen) atoms. The Hall–Kier alpha value is -0.650. The lowest BCUT2D eigenvalue weighted by Crippen LogP contribution is -2.52. The van der Waals surface area contributed by atoms with E-state index in [1.54, 1.807) is 6.92 Å². The van der Waals surface area contributed by atoms with Crippen LogP contribution >= 0.6 is 0 Å². The maximum atomic E-state index is 10.9. The van der Waals surface area contributed by atoms with Crippen LogP contribution < -0.4 is 10.6 Å². The summed E-state index contributed by atoms with van der Waals surface area (Å²) in [7, 11) is 0. The zero-order valence-corrected chi connectivity index (χ0v) is 12.5. The summed E-state index contributed by atoms with van der Waals surface area (Å²) in [5, 5.41) is 15.2. The van der Waals surface area contributed by atoms with Crippen LogP contribution in [0, 0.1) is 11.8 Å². The van der Waals surface area contributed by atoms with Gasteiger partial charge in [-0.05, 0) is 18.3 Å². The SMILES string of the molecule is CC(=O)NCCN1CC(NCCO)CC(C(C)C)C1. The Balaban J connectivity index is 2.42. The van der Waals surface area contributed by atoms with E-state index in [2.05, 4.69) is 29.4 Å². The van der Waals surface area contributed by atoms with Crippen molar-refractivity contribution in [1.82, 2.24) is 15.5 Å². The quantitative estimate of drug-likeness (QED) is 0.612. The van der Waals surface area contributed by atoms with E-state index in [1.807, 2.05) is 0 Å². The minimum Gasteiger partial charge on any atom is -0.395 e. The molecular formula is C14H29N3O2. The van der Waals surface area contributed by atoms with E-state index in [0.717, 1.165) is 19.6 Å². The van der Waals surface area contributed by atoms with E-state index < -0.39 is 0 Å². The number of amides is 1. The summed E-state index contributed by atoms with van der Waals surface area (Å²) in [5.74, 6) is 1.39. The molecule has 2 atom stereocenters. The minimum absolute atomic E-state index is 0.0346. The Labute approximate surface area is 116 Å². The summed E-state index contributed by atoms with van der Waals surface area (Å²) >= 11 is 0. The third kappa shape index (κ3) is 6.36. The van der Waals surface area contributed by atoms with Gasteiger partial charge in [0, 0.05) is 45.7 Å². The second-order valence-corrected chi connectivity index (χ2v) is 5.86. The number of rotatable bonds is 7. The van der Waals surface area contributed by atoms with Gasteiger partial charge in [0.2, 0.25) is 5.91 Å². The lowest BCUT2D eigenvalue weighted by atomic mass is 9.85. The van der Waals surface area contributed by atoms with Gasteiger partial charge < -0.3 is 15.7 Å². The molecule has 5 nitrogen and oxygen atoms in total. The van der Waals surface area contributed by atoms with Gasteiger partial charge in [-0.15, -0.1) is 0 Å². The molecule has 0 aromatic heterocycles. The first kappa shape index (κ1) is 16.4. The molecule has 112 valence electrons. The van der Waals surface area contributed by atoms with Crippen LogP contribution in [0.2, 0.25) is 0 Å². The second-order valence-electron chi connectivity index (χ2n) is 5.86. The summed E-state index contributed by atoms with van der Waals surface area (Å²) < 4.78 is 0. The van der Waals surface area contributed by atoms with Gasteiger partial charge >= 0.3 is 0 Å². The van der Waals surface area contributed by atoms with Gasteiger partial charge in [0.15, 0.2) is 0 Å². The highest BCUT2D eigenvalue weighted by molar-refractivity contribution is 5.72. The van der Waals surface area contributed by atoms with Crippen molar-refractivity contribution in [2.24, 2.45) is 11.8 Å². The summed E-state index contributed by atoms with van der Waals surface area (Å²) in [6.45, 7) is 10.7. The summed E-state index contributed by atoms with van der Waals surface area (Å²) in [6.07, 6.45) is 1.17. The van der Waals surface area contributed by atoms with E-state index in [1.165, 1.54) is 6.42 Å². The molecule has 1 amide bonds. The lowest BCUT2D eigenvalue weighted by molar-refractivity contribution is -0.119. The van der Waals surface area contributed by atoms with Crippen molar-refractivity contribution in [2.45, 2.75) is 33.2 Å². The van der Waals surface area contributed by atoms with Crippen LogP contribution in [-0.2, 0) is 4.79 Å². The van der Waals surface area contributed by atoms with Crippen molar-refractivity contribution in [3.63, 3.8) is 0 Å². The average Bonchev–Trinajstić information content (AvgIpc) is 2.35. The molecule has 1 aliphatic rings. The van der Waals surface area contributed by atoms with Gasteiger partial charge in [0.1, 0.15) is 0 Å². The van der Waals surface area contributed by atoms with E-state index in [4.69, 9.17) is 5.11 Å². The van der Waals surface area contributed by atoms with Crippen molar-refractivity contribution in [3.05, 3.63) is 0 Å². The van der Waals surface area contributed by atoms with Crippen molar-refractivity contribution >= 4 is 5.91 Å². The zero-order chi connectivity index (χ0) is 14.3. The van der Waals surface area contributed by atoms with Crippen LogP contribution in [0.5, 0.6) is 0 Å². The number of nitrogens with one attached hydrogen (secondary N) is 2. The fraction of sp³-hybridized carbons (Fsp3) is 0.929. The normalized spacial score (nSPS) is 24.7. The molecule has 1 heterocycles. The third-order valence-corrected chi connectivity index (χ3v) is 3.85. The molecule has 0 aromatic rings. The van der Waals surface area contributed by atoms with Gasteiger partial charge in [-0.3, -0.25) is 9.69 Å². The van der Waals surface area contributed by atoms with Crippen molar-refractivity contribution in [2.75, 3.05) is 39.3 Å². The second kappa shape index (κ2) is 8.51. The van der Waals surface area contributed by atoms with Gasteiger partial charge in [-0.1, -0.05) is 13.8 Å². The summed E-state index contributed by atoms with van der Waals surface area (Å²) in [5.41, 5.74) is 0. The number of carbonyl (C=O) groups excluding carboxylic acids is 1. The Morgan fingerprint density at radius 3 is 2.68 bits per heavy atom. The first-order valence-corrected chi connectivity index (χ1v) is 7.34. The minimum atomic E-state index is 0.0346. The molecule has 0 spiro atoms. The first-order chi connectivity index (χ1) is 9.02. The van der Waals surface area contributed by atoms with Crippen LogP contribution in [0.4, 0.5) is 0 Å². The summed E-state index contributed by atoms with van der Waals surface area (Å²) in [6, 6.07) is 0.450. The number of carbonyl (C=O) groups is 1. The number of nitrogens with zero attached hydrogens (tertiary/aromatic N) is 1. The Bertz CT molecular complexity index is 271. The number of piperidine rings is 1. The van der Waals surface area contributed by atoms with Crippen LogP contribution in [0.3, 0.4) is 0 Å². The van der Waals surface area contributed by atoms with E-state index in [0.29, 0.717) is 31.0 Å². The zero-order valence-electron chi connectivity index (χ0n) is 12.5. The molecule has 0 bridgehead atoms. The molecule has 0 radical (unpaired) electrons. The van der Waals surface area contributed by atoms with Gasteiger partial charge in [-0.2, -0.15) is 0 Å². The van der Waals surface area contributed by atoms with Crippen molar-refractivity contribution in [1.29, 1.82) is 0 Å². The van der Waals surface area contributed by atoms with Crippen molar-refractivity contribution in [3.8, 4) is 0 Å². The van der Waals surface area contributed by atoms with Gasteiger partial charge in [0.25, 0.3) is 0 Å². The van der Waals surface area contributed by atoms with Crippen LogP contribution in [0.15, 0.2) is 0 Å². The molecule has 0 aliphatic carbocycles. The number of likely N-dealkylation sites (tertiary alicyclic amines) is 1.